The molecule has 0 aliphatic carbocycles. The standard InChI is InChI=1S/C11H14ClN3/c1-15-9-3-2-7(14)6-8(9)11(12)10(15)4-5-13/h2-3,6H,4-5,13-14H2,1H3. The van der Waals surface area contributed by atoms with Gasteiger partial charge in [0.05, 0.1) is 5.02 Å². The Morgan fingerprint density at radius 1 is 1.40 bits per heavy atom. The number of aryl methyl sites for hydroxylation is 1. The number of rotatable bonds is 2. The second-order valence-electron chi connectivity index (χ2n) is 3.63. The SMILES string of the molecule is Cn1c(CCN)c(Cl)c2cc(N)ccc21. The van der Waals surface area contributed by atoms with Crippen LogP contribution in [0.4, 0.5) is 5.69 Å². The number of fused-ring (bicyclic) bond motifs is 1. The minimum absolute atomic E-state index is 0.597. The van der Waals surface area contributed by atoms with Crippen LogP contribution in [0.15, 0.2) is 18.2 Å². The molecular weight excluding hydrogens is 210 g/mol. The smallest absolute Gasteiger partial charge is 0.0695 e. The number of hydrogen-bond acceptors (Lipinski definition) is 2. The summed E-state index contributed by atoms with van der Waals surface area (Å²) in [6.45, 7) is 0.597. The van der Waals surface area contributed by atoms with E-state index in [0.717, 1.165) is 33.7 Å². The number of aromatic nitrogens is 1. The number of anilines is 1. The van der Waals surface area contributed by atoms with Crippen LogP contribution in [0.2, 0.25) is 5.02 Å². The van der Waals surface area contributed by atoms with Crippen LogP contribution in [0.5, 0.6) is 0 Å². The van der Waals surface area contributed by atoms with Crippen molar-refractivity contribution in [2.75, 3.05) is 12.3 Å². The predicted octanol–water partition coefficient (Wildman–Crippen LogP) is 1.92. The highest BCUT2D eigenvalue weighted by Crippen LogP contribution is 2.31. The van der Waals surface area contributed by atoms with E-state index in [-0.39, 0.29) is 0 Å². The van der Waals surface area contributed by atoms with Gasteiger partial charge in [-0.25, -0.2) is 0 Å². The number of nitrogens with two attached hydrogens (primary N) is 2. The Labute approximate surface area is 93.6 Å². The van der Waals surface area contributed by atoms with Crippen molar-refractivity contribution in [1.82, 2.24) is 4.57 Å². The van der Waals surface area contributed by atoms with E-state index in [1.165, 1.54) is 0 Å². The summed E-state index contributed by atoms with van der Waals surface area (Å²) in [6.07, 6.45) is 0.782. The van der Waals surface area contributed by atoms with Crippen LogP contribution in [-0.4, -0.2) is 11.1 Å². The lowest BCUT2D eigenvalue weighted by atomic mass is 10.2. The molecule has 0 saturated heterocycles. The summed E-state index contributed by atoms with van der Waals surface area (Å²) < 4.78 is 2.07. The summed E-state index contributed by atoms with van der Waals surface area (Å²) in [6, 6.07) is 5.76. The van der Waals surface area contributed by atoms with E-state index in [0.29, 0.717) is 6.54 Å². The van der Waals surface area contributed by atoms with Crippen LogP contribution in [0.1, 0.15) is 5.69 Å². The van der Waals surface area contributed by atoms with E-state index < -0.39 is 0 Å². The Morgan fingerprint density at radius 2 is 2.13 bits per heavy atom. The van der Waals surface area contributed by atoms with E-state index in [9.17, 15) is 0 Å². The number of nitrogens with zero attached hydrogens (tertiary/aromatic N) is 1. The minimum Gasteiger partial charge on any atom is -0.399 e. The topological polar surface area (TPSA) is 57.0 Å². The number of halogens is 1. The number of benzene rings is 1. The van der Waals surface area contributed by atoms with Gasteiger partial charge in [-0.3, -0.25) is 0 Å². The van der Waals surface area contributed by atoms with Gasteiger partial charge in [0.25, 0.3) is 0 Å². The first-order valence-corrected chi connectivity index (χ1v) is 5.25. The van der Waals surface area contributed by atoms with E-state index in [2.05, 4.69) is 4.57 Å². The van der Waals surface area contributed by atoms with Crippen LogP contribution < -0.4 is 11.5 Å². The molecule has 1 heterocycles. The minimum atomic E-state index is 0.597. The second-order valence-corrected chi connectivity index (χ2v) is 4.01. The average Bonchev–Trinajstić information content (AvgIpc) is 2.44. The molecule has 1 aromatic carbocycles. The molecule has 0 atom stereocenters. The lowest BCUT2D eigenvalue weighted by Gasteiger charge is -2.02. The highest BCUT2D eigenvalue weighted by Gasteiger charge is 2.12. The fourth-order valence-corrected chi connectivity index (χ4v) is 2.26. The highest BCUT2D eigenvalue weighted by atomic mass is 35.5. The molecule has 0 fully saturated rings. The molecule has 15 heavy (non-hydrogen) atoms. The molecule has 2 aromatic rings. The molecule has 0 radical (unpaired) electrons. The van der Waals surface area contributed by atoms with Gasteiger partial charge < -0.3 is 16.0 Å². The van der Waals surface area contributed by atoms with Gasteiger partial charge in [-0.05, 0) is 24.7 Å². The van der Waals surface area contributed by atoms with E-state index in [1.807, 2.05) is 25.2 Å². The molecule has 0 spiro atoms. The Morgan fingerprint density at radius 3 is 2.80 bits per heavy atom. The van der Waals surface area contributed by atoms with Gasteiger partial charge >= 0.3 is 0 Å². The predicted molar refractivity (Wildman–Crippen MR) is 65.1 cm³/mol. The molecular formula is C11H14ClN3. The molecule has 0 aliphatic heterocycles. The van der Waals surface area contributed by atoms with Gasteiger partial charge in [0.1, 0.15) is 0 Å². The summed E-state index contributed by atoms with van der Waals surface area (Å²) in [5.74, 6) is 0. The van der Waals surface area contributed by atoms with Crippen molar-refractivity contribution in [1.29, 1.82) is 0 Å². The zero-order valence-corrected chi connectivity index (χ0v) is 9.38. The zero-order valence-electron chi connectivity index (χ0n) is 8.63. The van der Waals surface area contributed by atoms with Gasteiger partial charge in [-0.1, -0.05) is 11.6 Å². The molecule has 2 rings (SSSR count). The third-order valence-corrected chi connectivity index (χ3v) is 3.08. The van der Waals surface area contributed by atoms with E-state index >= 15 is 0 Å². The van der Waals surface area contributed by atoms with Gasteiger partial charge in [0.2, 0.25) is 0 Å². The van der Waals surface area contributed by atoms with Crippen LogP contribution >= 0.6 is 11.6 Å². The molecule has 3 nitrogen and oxygen atoms in total. The van der Waals surface area contributed by atoms with Gasteiger partial charge in [0.15, 0.2) is 0 Å². The monoisotopic (exact) mass is 223 g/mol. The van der Waals surface area contributed by atoms with E-state index in [4.69, 9.17) is 23.1 Å². The Kier molecular flexibility index (Phi) is 2.59. The maximum atomic E-state index is 6.28. The summed E-state index contributed by atoms with van der Waals surface area (Å²) in [5.41, 5.74) is 14.2. The third kappa shape index (κ3) is 1.58. The summed E-state index contributed by atoms with van der Waals surface area (Å²) in [4.78, 5) is 0. The van der Waals surface area contributed by atoms with Gasteiger partial charge in [-0.2, -0.15) is 0 Å². The highest BCUT2D eigenvalue weighted by molar-refractivity contribution is 6.36. The Balaban J connectivity index is 2.73. The molecule has 1 aromatic heterocycles. The molecule has 0 amide bonds. The maximum absolute atomic E-state index is 6.28. The molecule has 0 bridgehead atoms. The lowest BCUT2D eigenvalue weighted by Crippen LogP contribution is -2.06. The van der Waals surface area contributed by atoms with Crippen molar-refractivity contribution in [2.24, 2.45) is 12.8 Å². The van der Waals surface area contributed by atoms with Crippen LogP contribution in [0, 0.1) is 0 Å². The molecule has 4 N–H and O–H groups in total. The normalized spacial score (nSPS) is 11.1. The fourth-order valence-electron chi connectivity index (χ4n) is 1.88. The van der Waals surface area contributed by atoms with Crippen molar-refractivity contribution >= 4 is 28.2 Å². The maximum Gasteiger partial charge on any atom is 0.0695 e. The molecule has 4 heteroatoms. The van der Waals surface area contributed by atoms with Crippen molar-refractivity contribution in [3.63, 3.8) is 0 Å². The van der Waals surface area contributed by atoms with Crippen LogP contribution in [0.25, 0.3) is 10.9 Å². The number of nitrogen functional groups attached to an aromatic ring is 1. The molecule has 0 aliphatic rings. The first-order chi connectivity index (χ1) is 7.15. The number of hydrogen-bond donors (Lipinski definition) is 2. The lowest BCUT2D eigenvalue weighted by molar-refractivity contribution is 0.827. The average molecular weight is 224 g/mol. The summed E-state index contributed by atoms with van der Waals surface area (Å²) >= 11 is 6.28. The van der Waals surface area contributed by atoms with Crippen molar-refractivity contribution in [3.05, 3.63) is 28.9 Å². The summed E-state index contributed by atoms with van der Waals surface area (Å²) in [5, 5.41) is 1.77. The zero-order chi connectivity index (χ0) is 11.0. The first-order valence-electron chi connectivity index (χ1n) is 4.87. The van der Waals surface area contributed by atoms with E-state index in [1.54, 1.807) is 0 Å². The third-order valence-electron chi connectivity index (χ3n) is 2.66. The fraction of sp³-hybridized carbons (Fsp3) is 0.273. The summed E-state index contributed by atoms with van der Waals surface area (Å²) in [7, 11) is 2.00. The Bertz CT molecular complexity index is 502. The molecule has 0 unspecified atom stereocenters. The van der Waals surface area contributed by atoms with Gasteiger partial charge in [0, 0.05) is 35.8 Å². The second kappa shape index (κ2) is 3.76. The first kappa shape index (κ1) is 10.3. The molecule has 0 saturated carbocycles. The van der Waals surface area contributed by atoms with Crippen molar-refractivity contribution in [3.8, 4) is 0 Å². The Hall–Kier alpha value is -1.19. The van der Waals surface area contributed by atoms with Crippen molar-refractivity contribution < 1.29 is 0 Å². The van der Waals surface area contributed by atoms with Gasteiger partial charge in [-0.15, -0.1) is 0 Å². The van der Waals surface area contributed by atoms with Crippen LogP contribution in [0.3, 0.4) is 0 Å². The van der Waals surface area contributed by atoms with Crippen LogP contribution in [-0.2, 0) is 13.5 Å². The quantitative estimate of drug-likeness (QED) is 0.765. The van der Waals surface area contributed by atoms with Crippen molar-refractivity contribution in [2.45, 2.75) is 6.42 Å². The molecule has 80 valence electrons. The largest absolute Gasteiger partial charge is 0.399 e.